The molecular formula is C23H28N4O4. The summed E-state index contributed by atoms with van der Waals surface area (Å²) in [4.78, 5) is 19.3. The van der Waals surface area contributed by atoms with Crippen molar-refractivity contribution in [1.29, 1.82) is 0 Å². The van der Waals surface area contributed by atoms with Gasteiger partial charge in [-0.25, -0.2) is 0 Å². The normalized spacial score (nSPS) is 14.7. The van der Waals surface area contributed by atoms with Crippen LogP contribution in [0.4, 0.5) is 5.88 Å². The van der Waals surface area contributed by atoms with Gasteiger partial charge in [0.25, 0.3) is 5.91 Å². The summed E-state index contributed by atoms with van der Waals surface area (Å²) in [5.74, 6) is 0.836. The number of carbonyl (C=O) groups excluding carboxylic acids is 1. The molecule has 3 heterocycles. The van der Waals surface area contributed by atoms with Crippen molar-refractivity contribution in [2.45, 2.75) is 6.54 Å². The number of nitrogens with zero attached hydrogens (tertiary/aromatic N) is 4. The summed E-state index contributed by atoms with van der Waals surface area (Å²) < 4.78 is 16.5. The molecule has 1 saturated heterocycles. The second-order valence-electron chi connectivity index (χ2n) is 7.67. The molecule has 1 amide bonds. The molecule has 0 aliphatic carbocycles. The standard InChI is InChI=1S/C23H28N4O4/c1-25-10-12-26(13-11-25)23-19(21(24-31-23)18-7-4-3-5-8-18)17-27(14-16-29-2)22(28)20-9-6-15-30-20/h3-9,15H,10-14,16-17H2,1-2H3. The van der Waals surface area contributed by atoms with Crippen LogP contribution in [-0.2, 0) is 11.3 Å². The lowest BCUT2D eigenvalue weighted by Gasteiger charge is -2.32. The lowest BCUT2D eigenvalue weighted by Crippen LogP contribution is -2.45. The van der Waals surface area contributed by atoms with Crippen molar-refractivity contribution in [3.8, 4) is 11.3 Å². The van der Waals surface area contributed by atoms with Crippen LogP contribution >= 0.6 is 0 Å². The van der Waals surface area contributed by atoms with Gasteiger partial charge in [-0.15, -0.1) is 0 Å². The highest BCUT2D eigenvalue weighted by Crippen LogP contribution is 2.33. The number of methoxy groups -OCH3 is 1. The minimum Gasteiger partial charge on any atom is -0.459 e. The molecule has 0 saturated carbocycles. The predicted molar refractivity (Wildman–Crippen MR) is 117 cm³/mol. The zero-order chi connectivity index (χ0) is 21.6. The van der Waals surface area contributed by atoms with E-state index < -0.39 is 0 Å². The van der Waals surface area contributed by atoms with E-state index in [0.29, 0.717) is 25.5 Å². The number of hydrogen-bond donors (Lipinski definition) is 0. The van der Waals surface area contributed by atoms with Crippen LogP contribution in [0, 0.1) is 0 Å². The van der Waals surface area contributed by atoms with Crippen molar-refractivity contribution in [1.82, 2.24) is 15.0 Å². The first-order valence-corrected chi connectivity index (χ1v) is 10.5. The van der Waals surface area contributed by atoms with Gasteiger partial charge in [0.15, 0.2) is 5.76 Å². The van der Waals surface area contributed by atoms with Gasteiger partial charge in [0.2, 0.25) is 5.88 Å². The third-order valence-electron chi connectivity index (χ3n) is 5.54. The van der Waals surface area contributed by atoms with E-state index in [9.17, 15) is 4.79 Å². The van der Waals surface area contributed by atoms with Crippen molar-refractivity contribution < 1.29 is 18.5 Å². The van der Waals surface area contributed by atoms with Crippen LogP contribution in [0.5, 0.6) is 0 Å². The number of likely N-dealkylation sites (N-methyl/N-ethyl adjacent to an activating group) is 1. The minimum atomic E-state index is -0.188. The highest BCUT2D eigenvalue weighted by atomic mass is 16.5. The first-order chi connectivity index (χ1) is 15.2. The molecule has 31 heavy (non-hydrogen) atoms. The van der Waals surface area contributed by atoms with Crippen LogP contribution in [0.1, 0.15) is 16.1 Å². The predicted octanol–water partition coefficient (Wildman–Crippen LogP) is 2.98. The second kappa shape index (κ2) is 9.80. The highest BCUT2D eigenvalue weighted by Gasteiger charge is 2.28. The van der Waals surface area contributed by atoms with E-state index in [1.165, 1.54) is 6.26 Å². The van der Waals surface area contributed by atoms with Gasteiger partial charge >= 0.3 is 0 Å². The Morgan fingerprint density at radius 1 is 1.13 bits per heavy atom. The molecule has 1 aliphatic heterocycles. The molecule has 0 atom stereocenters. The molecule has 0 unspecified atom stereocenters. The third kappa shape index (κ3) is 4.81. The monoisotopic (exact) mass is 424 g/mol. The molecular weight excluding hydrogens is 396 g/mol. The Kier molecular flexibility index (Phi) is 6.69. The average Bonchev–Trinajstić information content (AvgIpc) is 3.48. The Morgan fingerprint density at radius 3 is 2.58 bits per heavy atom. The van der Waals surface area contributed by atoms with E-state index in [2.05, 4.69) is 22.0 Å². The smallest absolute Gasteiger partial charge is 0.289 e. The first-order valence-electron chi connectivity index (χ1n) is 10.5. The fourth-order valence-electron chi connectivity index (χ4n) is 3.72. The number of ether oxygens (including phenoxy) is 1. The number of hydrogen-bond acceptors (Lipinski definition) is 7. The lowest BCUT2D eigenvalue weighted by molar-refractivity contribution is 0.0649. The third-order valence-corrected chi connectivity index (χ3v) is 5.54. The molecule has 2 aromatic heterocycles. The van der Waals surface area contributed by atoms with Crippen LogP contribution in [-0.4, -0.2) is 74.4 Å². The number of amides is 1. The lowest BCUT2D eigenvalue weighted by atomic mass is 10.1. The maximum Gasteiger partial charge on any atom is 0.289 e. The van der Waals surface area contributed by atoms with E-state index in [0.717, 1.165) is 48.9 Å². The molecule has 1 aliphatic rings. The molecule has 3 aromatic rings. The van der Waals surface area contributed by atoms with Gasteiger partial charge in [-0.1, -0.05) is 35.5 Å². The second-order valence-corrected chi connectivity index (χ2v) is 7.67. The Labute approximate surface area is 182 Å². The van der Waals surface area contributed by atoms with Crippen molar-refractivity contribution in [2.24, 2.45) is 0 Å². The maximum atomic E-state index is 13.1. The van der Waals surface area contributed by atoms with E-state index >= 15 is 0 Å². The van der Waals surface area contributed by atoms with E-state index in [1.807, 2.05) is 30.3 Å². The van der Waals surface area contributed by atoms with Crippen LogP contribution < -0.4 is 4.90 Å². The number of rotatable bonds is 8. The van der Waals surface area contributed by atoms with E-state index in [-0.39, 0.29) is 5.91 Å². The fraction of sp³-hybridized carbons (Fsp3) is 0.391. The summed E-state index contributed by atoms with van der Waals surface area (Å²) in [6, 6.07) is 13.3. The molecule has 0 spiro atoms. The van der Waals surface area contributed by atoms with Gasteiger partial charge in [0.05, 0.1) is 25.0 Å². The summed E-state index contributed by atoms with van der Waals surface area (Å²) >= 11 is 0. The van der Waals surface area contributed by atoms with Gasteiger partial charge in [-0.05, 0) is 19.2 Å². The zero-order valence-electron chi connectivity index (χ0n) is 18.0. The largest absolute Gasteiger partial charge is 0.459 e. The number of anilines is 1. The molecule has 0 N–H and O–H groups in total. The molecule has 8 nitrogen and oxygen atoms in total. The molecule has 8 heteroatoms. The molecule has 1 aromatic carbocycles. The Hall–Kier alpha value is -3.10. The Bertz CT molecular complexity index is 963. The van der Waals surface area contributed by atoms with Crippen LogP contribution in [0.2, 0.25) is 0 Å². The SMILES string of the molecule is COCCN(Cc1c(-c2ccccc2)noc1N1CCN(C)CC1)C(=O)c1ccco1. The van der Waals surface area contributed by atoms with Gasteiger partial charge < -0.3 is 28.4 Å². The topological polar surface area (TPSA) is 75.2 Å². The summed E-state index contributed by atoms with van der Waals surface area (Å²) in [5.41, 5.74) is 2.61. The van der Waals surface area contributed by atoms with Crippen molar-refractivity contribution >= 4 is 11.8 Å². The number of furan rings is 1. The Balaban J connectivity index is 1.69. The maximum absolute atomic E-state index is 13.1. The number of piperazine rings is 1. The molecule has 4 rings (SSSR count). The van der Waals surface area contributed by atoms with Gasteiger partial charge in [-0.3, -0.25) is 4.79 Å². The average molecular weight is 425 g/mol. The zero-order valence-corrected chi connectivity index (χ0v) is 18.0. The molecule has 1 fully saturated rings. The Morgan fingerprint density at radius 2 is 1.90 bits per heavy atom. The van der Waals surface area contributed by atoms with Crippen molar-refractivity contribution in [3.63, 3.8) is 0 Å². The van der Waals surface area contributed by atoms with Crippen LogP contribution in [0.25, 0.3) is 11.3 Å². The fourth-order valence-corrected chi connectivity index (χ4v) is 3.72. The summed E-state index contributed by atoms with van der Waals surface area (Å²) in [5, 5.41) is 4.41. The minimum absolute atomic E-state index is 0.188. The number of carbonyl (C=O) groups is 1. The van der Waals surface area contributed by atoms with Crippen LogP contribution in [0.3, 0.4) is 0 Å². The highest BCUT2D eigenvalue weighted by molar-refractivity contribution is 5.91. The summed E-state index contributed by atoms with van der Waals surface area (Å²) in [6.07, 6.45) is 1.51. The summed E-state index contributed by atoms with van der Waals surface area (Å²) in [6.45, 7) is 4.77. The molecule has 0 bridgehead atoms. The quantitative estimate of drug-likeness (QED) is 0.550. The van der Waals surface area contributed by atoms with Crippen molar-refractivity contribution in [2.75, 3.05) is 58.4 Å². The van der Waals surface area contributed by atoms with E-state index in [4.69, 9.17) is 13.7 Å². The first kappa shape index (κ1) is 21.1. The summed E-state index contributed by atoms with van der Waals surface area (Å²) in [7, 11) is 3.74. The van der Waals surface area contributed by atoms with Gasteiger partial charge in [0, 0.05) is 45.4 Å². The molecule has 0 radical (unpaired) electrons. The van der Waals surface area contributed by atoms with Crippen LogP contribution in [0.15, 0.2) is 57.7 Å². The molecule has 164 valence electrons. The van der Waals surface area contributed by atoms with E-state index in [1.54, 1.807) is 24.1 Å². The van der Waals surface area contributed by atoms with Crippen molar-refractivity contribution in [3.05, 3.63) is 60.1 Å². The van der Waals surface area contributed by atoms with Gasteiger partial charge in [0.1, 0.15) is 5.69 Å². The number of aromatic nitrogens is 1. The number of benzene rings is 1. The van der Waals surface area contributed by atoms with Gasteiger partial charge in [-0.2, -0.15) is 0 Å².